The monoisotopic (exact) mass is 237 g/mol. The highest BCUT2D eigenvalue weighted by molar-refractivity contribution is 6.07. The molecular weight excluding hydrogens is 231 g/mol. The molecule has 5 heteroatoms. The molecule has 1 aromatic heterocycles. The normalized spacial score (nSPS) is 10.3. The number of ketones is 1. The van der Waals surface area contributed by atoms with Crippen LogP contribution in [0.4, 0.5) is 13.2 Å². The Bertz CT molecular complexity index is 566. The number of rotatable bonds is 2. The number of nitrogens with zero attached hydrogens (tertiary/aromatic N) is 1. The molecule has 0 N–H and O–H groups in total. The highest BCUT2D eigenvalue weighted by atomic mass is 19.1. The van der Waals surface area contributed by atoms with Crippen molar-refractivity contribution in [3.63, 3.8) is 0 Å². The highest BCUT2D eigenvalue weighted by Crippen LogP contribution is 2.14. The van der Waals surface area contributed by atoms with Crippen molar-refractivity contribution in [2.24, 2.45) is 0 Å². The summed E-state index contributed by atoms with van der Waals surface area (Å²) < 4.78 is 38.8. The lowest BCUT2D eigenvalue weighted by Crippen LogP contribution is -2.07. The SMILES string of the molecule is O=C(c1ccc(F)cn1)c1cc(F)ccc1F. The van der Waals surface area contributed by atoms with Gasteiger partial charge in [-0.25, -0.2) is 18.2 Å². The van der Waals surface area contributed by atoms with Gasteiger partial charge in [0.05, 0.1) is 11.8 Å². The van der Waals surface area contributed by atoms with Crippen LogP contribution in [0, 0.1) is 17.5 Å². The maximum absolute atomic E-state index is 13.3. The Hall–Kier alpha value is -2.17. The number of aromatic nitrogens is 1. The van der Waals surface area contributed by atoms with E-state index in [2.05, 4.69) is 4.98 Å². The molecule has 17 heavy (non-hydrogen) atoms. The van der Waals surface area contributed by atoms with Crippen LogP contribution >= 0.6 is 0 Å². The van der Waals surface area contributed by atoms with Gasteiger partial charge in [-0.05, 0) is 30.3 Å². The second-order valence-electron chi connectivity index (χ2n) is 3.31. The summed E-state index contributed by atoms with van der Waals surface area (Å²) in [5.74, 6) is -2.97. The molecular formula is C12H6F3NO. The molecule has 0 atom stereocenters. The molecule has 0 aliphatic rings. The number of hydrogen-bond acceptors (Lipinski definition) is 2. The van der Waals surface area contributed by atoms with Crippen molar-refractivity contribution in [1.29, 1.82) is 0 Å². The van der Waals surface area contributed by atoms with E-state index >= 15 is 0 Å². The van der Waals surface area contributed by atoms with Gasteiger partial charge in [0, 0.05) is 0 Å². The molecule has 0 unspecified atom stereocenters. The molecule has 0 saturated heterocycles. The second-order valence-corrected chi connectivity index (χ2v) is 3.31. The van der Waals surface area contributed by atoms with E-state index in [1.54, 1.807) is 0 Å². The Morgan fingerprint density at radius 3 is 2.35 bits per heavy atom. The lowest BCUT2D eigenvalue weighted by molar-refractivity contribution is 0.103. The first-order valence-corrected chi connectivity index (χ1v) is 4.69. The zero-order chi connectivity index (χ0) is 12.4. The van der Waals surface area contributed by atoms with Gasteiger partial charge in [0.25, 0.3) is 0 Å². The Morgan fingerprint density at radius 1 is 1.00 bits per heavy atom. The third kappa shape index (κ3) is 2.33. The first-order chi connectivity index (χ1) is 8.08. The van der Waals surface area contributed by atoms with E-state index in [1.807, 2.05) is 0 Å². The van der Waals surface area contributed by atoms with Crippen molar-refractivity contribution in [1.82, 2.24) is 4.98 Å². The molecule has 2 nitrogen and oxygen atoms in total. The molecule has 2 aromatic rings. The fraction of sp³-hybridized carbons (Fsp3) is 0. The molecule has 0 bridgehead atoms. The Morgan fingerprint density at radius 2 is 1.71 bits per heavy atom. The Balaban J connectivity index is 2.43. The fourth-order valence-electron chi connectivity index (χ4n) is 1.32. The first kappa shape index (κ1) is 11.3. The van der Waals surface area contributed by atoms with Crippen LogP contribution in [-0.4, -0.2) is 10.8 Å². The number of hydrogen-bond donors (Lipinski definition) is 0. The van der Waals surface area contributed by atoms with Crippen molar-refractivity contribution in [3.05, 3.63) is 65.2 Å². The molecule has 0 spiro atoms. The van der Waals surface area contributed by atoms with Crippen LogP contribution in [0.25, 0.3) is 0 Å². The second kappa shape index (κ2) is 4.37. The average molecular weight is 237 g/mol. The van der Waals surface area contributed by atoms with Crippen LogP contribution < -0.4 is 0 Å². The summed E-state index contributed by atoms with van der Waals surface area (Å²) in [4.78, 5) is 15.3. The smallest absolute Gasteiger partial charge is 0.214 e. The van der Waals surface area contributed by atoms with E-state index < -0.39 is 28.8 Å². The predicted molar refractivity (Wildman–Crippen MR) is 54.0 cm³/mol. The van der Waals surface area contributed by atoms with Gasteiger partial charge in [0.1, 0.15) is 23.1 Å². The third-order valence-electron chi connectivity index (χ3n) is 2.13. The molecule has 1 aromatic carbocycles. The van der Waals surface area contributed by atoms with Gasteiger partial charge in [-0.2, -0.15) is 0 Å². The summed E-state index contributed by atoms with van der Waals surface area (Å²) in [5, 5.41) is 0. The first-order valence-electron chi connectivity index (χ1n) is 4.69. The maximum atomic E-state index is 13.3. The summed E-state index contributed by atoms with van der Waals surface area (Å²) in [6.07, 6.45) is 0.838. The van der Waals surface area contributed by atoms with Gasteiger partial charge in [0.2, 0.25) is 5.78 Å². The van der Waals surface area contributed by atoms with Crippen molar-refractivity contribution in [2.75, 3.05) is 0 Å². The summed E-state index contributed by atoms with van der Waals surface area (Å²) >= 11 is 0. The summed E-state index contributed by atoms with van der Waals surface area (Å²) in [7, 11) is 0. The topological polar surface area (TPSA) is 30.0 Å². The largest absolute Gasteiger partial charge is 0.287 e. The molecule has 0 aliphatic heterocycles. The van der Waals surface area contributed by atoms with Crippen LogP contribution in [0.1, 0.15) is 16.1 Å². The highest BCUT2D eigenvalue weighted by Gasteiger charge is 2.16. The predicted octanol–water partition coefficient (Wildman–Crippen LogP) is 2.73. The lowest BCUT2D eigenvalue weighted by Gasteiger charge is -2.02. The van der Waals surface area contributed by atoms with Crippen LogP contribution in [0.5, 0.6) is 0 Å². The molecule has 86 valence electrons. The summed E-state index contributed by atoms with van der Waals surface area (Å²) in [6, 6.07) is 4.68. The minimum atomic E-state index is -0.845. The van der Waals surface area contributed by atoms with Crippen LogP contribution in [0.2, 0.25) is 0 Å². The minimum Gasteiger partial charge on any atom is -0.287 e. The number of carbonyl (C=O) groups excluding carboxylic acids is 1. The van der Waals surface area contributed by atoms with E-state index in [1.165, 1.54) is 0 Å². The molecule has 1 heterocycles. The zero-order valence-electron chi connectivity index (χ0n) is 8.45. The average Bonchev–Trinajstić information content (AvgIpc) is 2.32. The number of pyridine rings is 1. The molecule has 0 radical (unpaired) electrons. The minimum absolute atomic E-state index is 0.143. The van der Waals surface area contributed by atoms with Crippen molar-refractivity contribution >= 4 is 5.78 Å². The lowest BCUT2D eigenvalue weighted by atomic mass is 10.1. The summed E-state index contributed by atoms with van der Waals surface area (Å²) in [5.41, 5.74) is -0.569. The number of carbonyl (C=O) groups is 1. The molecule has 0 fully saturated rings. The molecule has 2 rings (SSSR count). The number of halogens is 3. The zero-order valence-corrected chi connectivity index (χ0v) is 8.45. The Labute approximate surface area is 94.7 Å². The van der Waals surface area contributed by atoms with Gasteiger partial charge in [0.15, 0.2) is 0 Å². The van der Waals surface area contributed by atoms with E-state index in [0.717, 1.165) is 36.5 Å². The molecule has 0 amide bonds. The van der Waals surface area contributed by atoms with Gasteiger partial charge < -0.3 is 0 Å². The van der Waals surface area contributed by atoms with Crippen LogP contribution in [0.15, 0.2) is 36.5 Å². The fourth-order valence-corrected chi connectivity index (χ4v) is 1.32. The van der Waals surface area contributed by atoms with Crippen molar-refractivity contribution in [3.8, 4) is 0 Å². The maximum Gasteiger partial charge on any atom is 0.214 e. The quantitative estimate of drug-likeness (QED) is 0.751. The van der Waals surface area contributed by atoms with E-state index in [0.29, 0.717) is 0 Å². The van der Waals surface area contributed by atoms with E-state index in [9.17, 15) is 18.0 Å². The Kier molecular flexibility index (Phi) is 2.91. The van der Waals surface area contributed by atoms with Crippen molar-refractivity contribution < 1.29 is 18.0 Å². The van der Waals surface area contributed by atoms with Crippen molar-refractivity contribution in [2.45, 2.75) is 0 Å². The summed E-state index contributed by atoms with van der Waals surface area (Å²) in [6.45, 7) is 0. The van der Waals surface area contributed by atoms with Crippen LogP contribution in [-0.2, 0) is 0 Å². The van der Waals surface area contributed by atoms with Gasteiger partial charge >= 0.3 is 0 Å². The standard InChI is InChI=1S/C12H6F3NO/c13-7-1-3-10(15)9(5-7)12(17)11-4-2-8(14)6-16-11/h1-6H. The number of benzene rings is 1. The van der Waals surface area contributed by atoms with E-state index in [4.69, 9.17) is 0 Å². The van der Waals surface area contributed by atoms with Gasteiger partial charge in [-0.3, -0.25) is 4.79 Å². The van der Waals surface area contributed by atoms with Gasteiger partial charge in [-0.1, -0.05) is 0 Å². The molecule has 0 saturated carbocycles. The molecule has 0 aliphatic carbocycles. The van der Waals surface area contributed by atoms with E-state index in [-0.39, 0.29) is 5.69 Å². The van der Waals surface area contributed by atoms with Crippen LogP contribution in [0.3, 0.4) is 0 Å². The third-order valence-corrected chi connectivity index (χ3v) is 2.13. The van der Waals surface area contributed by atoms with Gasteiger partial charge in [-0.15, -0.1) is 0 Å².